The molecule has 0 saturated carbocycles. The van der Waals surface area contributed by atoms with Crippen LogP contribution in [0, 0.1) is 13.8 Å². The molecule has 0 radical (unpaired) electrons. The maximum Gasteiger partial charge on any atom is 0.341 e. The van der Waals surface area contributed by atoms with Crippen molar-refractivity contribution in [2.45, 2.75) is 13.8 Å². The van der Waals surface area contributed by atoms with Crippen LogP contribution in [-0.2, 0) is 0 Å². The van der Waals surface area contributed by atoms with Gasteiger partial charge in [0.2, 0.25) is 11.7 Å². The Morgan fingerprint density at radius 3 is 2.62 bits per heavy atom. The second-order valence-electron chi connectivity index (χ2n) is 5.21. The van der Waals surface area contributed by atoms with Gasteiger partial charge in [-0.1, -0.05) is 6.07 Å². The van der Waals surface area contributed by atoms with E-state index in [1.54, 1.807) is 12.1 Å². The van der Waals surface area contributed by atoms with Gasteiger partial charge in [0.1, 0.15) is 5.75 Å². The number of nitrogens with zero attached hydrogens (tertiary/aromatic N) is 2. The van der Waals surface area contributed by atoms with E-state index in [1.165, 1.54) is 11.8 Å². The number of anilines is 1. The van der Waals surface area contributed by atoms with Crippen molar-refractivity contribution in [2.75, 3.05) is 5.32 Å². The van der Waals surface area contributed by atoms with E-state index in [1.807, 2.05) is 32.0 Å². The van der Waals surface area contributed by atoms with Gasteiger partial charge in [0, 0.05) is 6.07 Å². The van der Waals surface area contributed by atoms with E-state index in [0.29, 0.717) is 17.3 Å². The van der Waals surface area contributed by atoms with Gasteiger partial charge in [-0.25, -0.2) is 14.9 Å². The Hall–Kier alpha value is -3.42. The Balaban J connectivity index is 1.67. The highest BCUT2D eigenvalue weighted by Crippen LogP contribution is 2.22. The van der Waals surface area contributed by atoms with Crippen LogP contribution < -0.4 is 15.7 Å². The van der Waals surface area contributed by atoms with Crippen LogP contribution in [0.25, 0.3) is 0 Å². The SMILES string of the molecule is Cc1ccc(Oc2ccc(NC(=O)c3n[nH]c(=O)[nH]3)cn2)cc1C. The van der Waals surface area contributed by atoms with Crippen LogP contribution in [0.15, 0.2) is 41.3 Å². The van der Waals surface area contributed by atoms with Gasteiger partial charge in [-0.2, -0.15) is 0 Å². The van der Waals surface area contributed by atoms with Gasteiger partial charge in [0.05, 0.1) is 11.9 Å². The lowest BCUT2D eigenvalue weighted by atomic mass is 10.1. The fraction of sp³-hybridized carbons (Fsp3) is 0.125. The number of carbonyl (C=O) groups excluding carboxylic acids is 1. The Labute approximate surface area is 136 Å². The summed E-state index contributed by atoms with van der Waals surface area (Å²) in [7, 11) is 0. The molecule has 0 aliphatic carbocycles. The molecule has 2 heterocycles. The third kappa shape index (κ3) is 3.49. The molecule has 8 heteroatoms. The molecule has 3 N–H and O–H groups in total. The van der Waals surface area contributed by atoms with Crippen LogP contribution in [0.5, 0.6) is 11.6 Å². The van der Waals surface area contributed by atoms with E-state index >= 15 is 0 Å². The fourth-order valence-corrected chi connectivity index (χ4v) is 1.98. The van der Waals surface area contributed by atoms with E-state index in [-0.39, 0.29) is 5.82 Å². The van der Waals surface area contributed by atoms with E-state index in [4.69, 9.17) is 4.74 Å². The maximum atomic E-state index is 11.8. The Morgan fingerprint density at radius 2 is 2.00 bits per heavy atom. The molecule has 0 aliphatic rings. The molecular formula is C16H15N5O3. The van der Waals surface area contributed by atoms with E-state index in [9.17, 15) is 9.59 Å². The smallest absolute Gasteiger partial charge is 0.341 e. The predicted octanol–water partition coefficient (Wildman–Crippen LogP) is 2.15. The standard InChI is InChI=1S/C16H15N5O3/c1-9-3-5-12(7-10(9)2)24-13-6-4-11(8-17-13)18-15(22)14-19-16(23)21-20-14/h3-8H,1-2H3,(H,18,22)(H2,19,20,21,23). The summed E-state index contributed by atoms with van der Waals surface area (Å²) in [5, 5.41) is 8.24. The number of aryl methyl sites for hydroxylation is 2. The molecule has 1 aromatic carbocycles. The number of H-pyrrole nitrogens is 2. The molecule has 3 aromatic rings. The topological polar surface area (TPSA) is 113 Å². The molecule has 0 unspecified atom stereocenters. The largest absolute Gasteiger partial charge is 0.439 e. The molecule has 3 rings (SSSR count). The number of pyridine rings is 1. The van der Waals surface area contributed by atoms with Crippen molar-refractivity contribution in [1.29, 1.82) is 0 Å². The Bertz CT molecular complexity index is 927. The normalized spacial score (nSPS) is 10.4. The fourth-order valence-electron chi connectivity index (χ4n) is 1.98. The number of rotatable bonds is 4. The predicted molar refractivity (Wildman–Crippen MR) is 87.4 cm³/mol. The quantitative estimate of drug-likeness (QED) is 0.680. The van der Waals surface area contributed by atoms with Gasteiger partial charge >= 0.3 is 5.69 Å². The van der Waals surface area contributed by atoms with Gasteiger partial charge in [-0.15, -0.1) is 5.10 Å². The highest BCUT2D eigenvalue weighted by atomic mass is 16.5. The van der Waals surface area contributed by atoms with Crippen LogP contribution in [0.4, 0.5) is 5.69 Å². The summed E-state index contributed by atoms with van der Waals surface area (Å²) in [6.45, 7) is 4.04. The monoisotopic (exact) mass is 325 g/mol. The van der Waals surface area contributed by atoms with Crippen molar-refractivity contribution in [3.8, 4) is 11.6 Å². The van der Waals surface area contributed by atoms with Crippen molar-refractivity contribution < 1.29 is 9.53 Å². The van der Waals surface area contributed by atoms with Crippen molar-refractivity contribution in [3.05, 3.63) is 64.0 Å². The summed E-state index contributed by atoms with van der Waals surface area (Å²) < 4.78 is 5.67. The molecule has 0 bridgehead atoms. The van der Waals surface area contributed by atoms with Gasteiger partial charge < -0.3 is 10.1 Å². The number of benzene rings is 1. The zero-order valence-electron chi connectivity index (χ0n) is 13.1. The molecule has 0 fully saturated rings. The van der Waals surface area contributed by atoms with Crippen molar-refractivity contribution in [2.24, 2.45) is 0 Å². The van der Waals surface area contributed by atoms with Gasteiger partial charge in [-0.3, -0.25) is 9.78 Å². The Kier molecular flexibility index (Phi) is 4.11. The van der Waals surface area contributed by atoms with Crippen LogP contribution in [0.2, 0.25) is 0 Å². The molecule has 0 saturated heterocycles. The number of ether oxygens (including phenoxy) is 1. The van der Waals surface area contributed by atoms with E-state index < -0.39 is 11.6 Å². The maximum absolute atomic E-state index is 11.8. The third-order valence-corrected chi connectivity index (χ3v) is 3.41. The number of aromatic nitrogens is 4. The summed E-state index contributed by atoms with van der Waals surface area (Å²) in [5.74, 6) is 0.453. The lowest BCUT2D eigenvalue weighted by Gasteiger charge is -2.08. The third-order valence-electron chi connectivity index (χ3n) is 3.41. The second-order valence-corrected chi connectivity index (χ2v) is 5.21. The van der Waals surface area contributed by atoms with Gasteiger partial charge in [0.15, 0.2) is 0 Å². The van der Waals surface area contributed by atoms with Crippen LogP contribution in [0.3, 0.4) is 0 Å². The van der Waals surface area contributed by atoms with Crippen LogP contribution >= 0.6 is 0 Å². The number of hydrogen-bond acceptors (Lipinski definition) is 5. The summed E-state index contributed by atoms with van der Waals surface area (Å²) in [4.78, 5) is 29.2. The summed E-state index contributed by atoms with van der Waals surface area (Å²) >= 11 is 0. The number of amides is 1. The minimum Gasteiger partial charge on any atom is -0.439 e. The number of nitrogens with one attached hydrogen (secondary N) is 3. The molecule has 0 atom stereocenters. The average molecular weight is 325 g/mol. The molecule has 0 spiro atoms. The van der Waals surface area contributed by atoms with Crippen LogP contribution in [0.1, 0.15) is 21.7 Å². The zero-order chi connectivity index (χ0) is 17.1. The van der Waals surface area contributed by atoms with Gasteiger partial charge in [-0.05, 0) is 43.2 Å². The van der Waals surface area contributed by atoms with Crippen molar-refractivity contribution >= 4 is 11.6 Å². The van der Waals surface area contributed by atoms with Crippen molar-refractivity contribution in [1.82, 2.24) is 20.2 Å². The highest BCUT2D eigenvalue weighted by Gasteiger charge is 2.10. The number of hydrogen-bond donors (Lipinski definition) is 3. The molecule has 1 amide bonds. The first-order valence-electron chi connectivity index (χ1n) is 7.18. The van der Waals surface area contributed by atoms with E-state index in [2.05, 4.69) is 25.5 Å². The molecule has 8 nitrogen and oxygen atoms in total. The minimum atomic E-state index is -0.546. The zero-order valence-corrected chi connectivity index (χ0v) is 13.1. The molecule has 24 heavy (non-hydrogen) atoms. The molecular weight excluding hydrogens is 310 g/mol. The highest BCUT2D eigenvalue weighted by molar-refractivity contribution is 6.01. The average Bonchev–Trinajstić information content (AvgIpc) is 2.99. The first kappa shape index (κ1) is 15.5. The summed E-state index contributed by atoms with van der Waals surface area (Å²) in [6, 6.07) is 9.06. The minimum absolute atomic E-state index is 0.101. The molecule has 0 aliphatic heterocycles. The lowest BCUT2D eigenvalue weighted by molar-refractivity contribution is 0.101. The molecule has 2 aromatic heterocycles. The van der Waals surface area contributed by atoms with Gasteiger partial charge in [0.25, 0.3) is 5.91 Å². The first-order valence-corrected chi connectivity index (χ1v) is 7.18. The second kappa shape index (κ2) is 6.37. The summed E-state index contributed by atoms with van der Waals surface area (Å²) in [5.41, 5.74) is 2.22. The number of aromatic amines is 2. The molecule has 122 valence electrons. The first-order chi connectivity index (χ1) is 11.5. The number of carbonyl (C=O) groups is 1. The lowest BCUT2D eigenvalue weighted by Crippen LogP contribution is -2.15. The summed E-state index contributed by atoms with van der Waals surface area (Å²) in [6.07, 6.45) is 1.46. The van der Waals surface area contributed by atoms with E-state index in [0.717, 1.165) is 5.56 Å². The van der Waals surface area contributed by atoms with Crippen molar-refractivity contribution in [3.63, 3.8) is 0 Å². The van der Waals surface area contributed by atoms with Crippen LogP contribution in [-0.4, -0.2) is 26.1 Å². The Morgan fingerprint density at radius 1 is 1.17 bits per heavy atom.